The van der Waals surface area contributed by atoms with E-state index in [1.54, 1.807) is 23.5 Å². The van der Waals surface area contributed by atoms with Crippen LogP contribution in [0, 0.1) is 24.6 Å². The molecule has 0 radical (unpaired) electrons. The number of anilines is 2. The van der Waals surface area contributed by atoms with Crippen LogP contribution in [-0.2, 0) is 22.6 Å². The molecule has 0 saturated carbocycles. The summed E-state index contributed by atoms with van der Waals surface area (Å²) >= 11 is 2.95. The molecule has 0 bridgehead atoms. The molecule has 0 amide bonds. The normalized spacial score (nSPS) is 11.9. The Hall–Kier alpha value is -4.50. The van der Waals surface area contributed by atoms with Crippen LogP contribution in [0.1, 0.15) is 52.2 Å². The maximum absolute atomic E-state index is 14.8. The molecule has 0 aliphatic rings. The van der Waals surface area contributed by atoms with Gasteiger partial charge in [-0.3, -0.25) is 9.47 Å². The number of unbranched alkanes of at least 4 members (excludes halogenated alkanes) is 2. The van der Waals surface area contributed by atoms with Gasteiger partial charge in [0, 0.05) is 38.3 Å². The first-order valence-electron chi connectivity index (χ1n) is 19.4. The van der Waals surface area contributed by atoms with E-state index in [0.29, 0.717) is 68.0 Å². The number of benzene rings is 2. The van der Waals surface area contributed by atoms with E-state index >= 15 is 0 Å². The van der Waals surface area contributed by atoms with Crippen molar-refractivity contribution in [3.63, 3.8) is 0 Å². The fourth-order valence-corrected chi connectivity index (χ4v) is 8.62. The number of rotatable bonds is 20. The Bertz CT molecular complexity index is 2280. The van der Waals surface area contributed by atoms with E-state index in [-0.39, 0.29) is 24.7 Å². The average molecular weight is 848 g/mol. The highest BCUT2D eigenvalue weighted by Gasteiger charge is 2.24. The zero-order valence-corrected chi connectivity index (χ0v) is 37.1. The van der Waals surface area contributed by atoms with Crippen molar-refractivity contribution in [1.82, 2.24) is 24.6 Å². The van der Waals surface area contributed by atoms with Crippen molar-refractivity contribution in [2.45, 2.75) is 71.4 Å². The fourth-order valence-electron chi connectivity index (χ4n) is 5.72. The molecule has 12 nitrogen and oxygen atoms in total. The van der Waals surface area contributed by atoms with Crippen LogP contribution in [-0.4, -0.2) is 97.9 Å². The predicted octanol–water partition coefficient (Wildman–Crippen LogP) is 7.95. The quantitative estimate of drug-likeness (QED) is 0.0357. The van der Waals surface area contributed by atoms with E-state index in [1.807, 2.05) is 49.0 Å². The summed E-state index contributed by atoms with van der Waals surface area (Å²) in [5.41, 5.74) is 2.66. The molecule has 5 aromatic rings. The first-order valence-corrected chi connectivity index (χ1v) is 24.8. The lowest BCUT2D eigenvalue weighted by Gasteiger charge is -2.21. The minimum Gasteiger partial charge on any atom is -0.491 e. The van der Waals surface area contributed by atoms with Crippen molar-refractivity contribution in [3.8, 4) is 17.6 Å². The van der Waals surface area contributed by atoms with Gasteiger partial charge in [-0.2, -0.15) is 4.99 Å². The third-order valence-electron chi connectivity index (χ3n) is 8.93. The molecule has 0 aliphatic heterocycles. The summed E-state index contributed by atoms with van der Waals surface area (Å²) in [4.78, 5) is 28.1. The van der Waals surface area contributed by atoms with Crippen molar-refractivity contribution in [3.05, 3.63) is 80.8 Å². The highest BCUT2D eigenvalue weighted by atomic mass is 32.1. The van der Waals surface area contributed by atoms with Gasteiger partial charge in [0.25, 0.3) is 0 Å². The number of aromatic nitrogens is 4. The summed E-state index contributed by atoms with van der Waals surface area (Å²) < 4.78 is 35.0. The first-order chi connectivity index (χ1) is 27.9. The number of nitrogens with zero attached hydrogens (tertiary/aromatic N) is 7. The Balaban J connectivity index is 1.37. The van der Waals surface area contributed by atoms with Crippen molar-refractivity contribution in [2.75, 3.05) is 59.0 Å². The summed E-state index contributed by atoms with van der Waals surface area (Å²) in [6.45, 7) is 11.5. The predicted molar refractivity (Wildman–Crippen MR) is 233 cm³/mol. The topological polar surface area (TPSA) is 127 Å². The number of fused-ring (bicyclic) bond motifs is 1. The summed E-state index contributed by atoms with van der Waals surface area (Å²) in [6.07, 6.45) is 3.15. The van der Waals surface area contributed by atoms with E-state index in [1.165, 1.54) is 24.5 Å². The zero-order chi connectivity index (χ0) is 41.7. The number of methoxy groups -OCH3 is 1. The molecule has 3 heterocycles. The van der Waals surface area contributed by atoms with E-state index in [9.17, 15) is 14.3 Å². The zero-order valence-electron chi connectivity index (χ0n) is 34.5. The molecule has 16 heteroatoms. The number of thiazole rings is 2. The van der Waals surface area contributed by atoms with Crippen molar-refractivity contribution in [2.24, 2.45) is 4.99 Å². The van der Waals surface area contributed by atoms with Crippen LogP contribution in [0.4, 0.5) is 21.2 Å². The molecule has 0 fully saturated rings. The summed E-state index contributed by atoms with van der Waals surface area (Å²) in [5, 5.41) is 19.2. The molecule has 1 N–H and O–H groups in total. The number of halogens is 1. The molecule has 5 rings (SSSR count). The molecular formula is C42H54FN7O5S2Si. The molecule has 0 saturated heterocycles. The Morgan fingerprint density at radius 1 is 1.03 bits per heavy atom. The first kappa shape index (κ1) is 44.6. The molecule has 2 aromatic carbocycles. The minimum absolute atomic E-state index is 0.102. The number of aryl methyl sites for hydroxylation is 2. The second-order valence-electron chi connectivity index (χ2n) is 15.3. The van der Waals surface area contributed by atoms with Gasteiger partial charge in [0.2, 0.25) is 0 Å². The van der Waals surface area contributed by atoms with Crippen molar-refractivity contribution < 1.29 is 28.5 Å². The maximum Gasteiger partial charge on any atom is 0.357 e. The lowest BCUT2D eigenvalue weighted by Crippen LogP contribution is -2.23. The molecule has 0 unspecified atom stereocenters. The summed E-state index contributed by atoms with van der Waals surface area (Å²) in [6, 6.07) is 15.9. The lowest BCUT2D eigenvalue weighted by atomic mass is 10.2. The van der Waals surface area contributed by atoms with Gasteiger partial charge in [-0.15, -0.1) is 21.5 Å². The number of carbonyl (C=O) groups excluding carboxylic acids is 1. The SMILES string of the molecule is COC(=O)c1nc(N(CCCCCO)c2cc(C)c(/N=c3\sc4ccccc4n3COCC[Si](C)(C)C)nn2)sc1CCCOc1ccc(C#CCN(C)C)cc1F. The molecule has 0 aliphatic carbocycles. The molecule has 0 atom stereocenters. The van der Waals surface area contributed by atoms with Gasteiger partial charge < -0.3 is 24.2 Å². The molecule has 310 valence electrons. The minimum atomic E-state index is -1.24. The van der Waals surface area contributed by atoms with Crippen LogP contribution in [0.3, 0.4) is 0 Å². The van der Waals surface area contributed by atoms with Gasteiger partial charge in [0.05, 0.1) is 30.5 Å². The number of hydrogen-bond donors (Lipinski definition) is 1. The number of para-hydroxylation sites is 1. The van der Waals surface area contributed by atoms with Crippen LogP contribution in [0.25, 0.3) is 10.2 Å². The van der Waals surface area contributed by atoms with Gasteiger partial charge >= 0.3 is 5.97 Å². The van der Waals surface area contributed by atoms with Gasteiger partial charge in [0.15, 0.2) is 38.8 Å². The molecule has 58 heavy (non-hydrogen) atoms. The Morgan fingerprint density at radius 2 is 1.84 bits per heavy atom. The van der Waals surface area contributed by atoms with E-state index in [0.717, 1.165) is 44.3 Å². The Kier molecular flexibility index (Phi) is 16.5. The number of aliphatic hydroxyl groups is 1. The van der Waals surface area contributed by atoms with Crippen LogP contribution in [0.2, 0.25) is 25.7 Å². The van der Waals surface area contributed by atoms with Crippen LogP contribution < -0.4 is 14.4 Å². The van der Waals surface area contributed by atoms with Gasteiger partial charge in [-0.05, 0) is 101 Å². The van der Waals surface area contributed by atoms with E-state index in [2.05, 4.69) is 58.4 Å². The number of esters is 1. The highest BCUT2D eigenvalue weighted by molar-refractivity contribution is 7.16. The second kappa shape index (κ2) is 21.5. The standard InChI is InChI=1S/C42H54FN7O5S2Si/c1-30-27-37(46-47-39(30)45-42-50(29-54-25-26-58(5,6)7)33-16-9-10-17-35(33)56-42)49(22-11-8-12-23-51)41-44-38(40(52)53-4)36(57-41)18-14-24-55-34-20-19-31(28-32(34)43)15-13-21-48(2)3/h9-10,16-17,19-20,27-28,51H,8,11-12,14,18,21-26,29H2,1-7H3/b45-42-. The molecule has 3 aromatic heterocycles. The smallest absolute Gasteiger partial charge is 0.357 e. The lowest BCUT2D eigenvalue weighted by molar-refractivity contribution is 0.0593. The Morgan fingerprint density at radius 3 is 2.57 bits per heavy atom. The maximum atomic E-state index is 14.8. The third kappa shape index (κ3) is 12.7. The molecule has 0 spiro atoms. The van der Waals surface area contributed by atoms with Crippen LogP contribution in [0.5, 0.6) is 5.75 Å². The highest BCUT2D eigenvalue weighted by Crippen LogP contribution is 2.34. The number of ether oxygens (including phenoxy) is 3. The van der Waals surface area contributed by atoms with Gasteiger partial charge in [-0.1, -0.05) is 55.0 Å². The monoisotopic (exact) mass is 847 g/mol. The summed E-state index contributed by atoms with van der Waals surface area (Å²) in [5.74, 6) is 6.12. The van der Waals surface area contributed by atoms with E-state index < -0.39 is 19.9 Å². The second-order valence-corrected chi connectivity index (χ2v) is 23.0. The third-order valence-corrected chi connectivity index (χ3v) is 12.8. The summed E-state index contributed by atoms with van der Waals surface area (Å²) in [7, 11) is 3.93. The number of carbonyl (C=O) groups is 1. The van der Waals surface area contributed by atoms with Gasteiger partial charge in [0.1, 0.15) is 6.73 Å². The van der Waals surface area contributed by atoms with Crippen molar-refractivity contribution >= 4 is 63.7 Å². The van der Waals surface area contributed by atoms with Crippen LogP contribution in [0.15, 0.2) is 53.5 Å². The molecular weight excluding hydrogens is 794 g/mol. The van der Waals surface area contributed by atoms with Crippen molar-refractivity contribution in [1.29, 1.82) is 0 Å². The average Bonchev–Trinajstić information content (AvgIpc) is 3.76. The van der Waals surface area contributed by atoms with Gasteiger partial charge in [-0.25, -0.2) is 14.2 Å². The van der Waals surface area contributed by atoms with E-state index in [4.69, 9.17) is 24.2 Å². The largest absolute Gasteiger partial charge is 0.491 e. The number of hydrogen-bond acceptors (Lipinski definition) is 13. The van der Waals surface area contributed by atoms with Crippen LogP contribution >= 0.6 is 22.7 Å². The number of aliphatic hydroxyl groups excluding tert-OH is 1. The Labute approximate surface area is 349 Å². The fraction of sp³-hybridized carbons (Fsp3) is 0.452.